The molecule has 0 atom stereocenters. The SMILES string of the molecule is Cc1cc(CNc2nn3cc(-c4ccc(Cl)cc4)nc3s2)nc(C)n1. The zero-order valence-electron chi connectivity index (χ0n) is 13.7. The maximum absolute atomic E-state index is 5.93. The van der Waals surface area contributed by atoms with Crippen LogP contribution in [-0.4, -0.2) is 24.6 Å². The van der Waals surface area contributed by atoms with Crippen molar-refractivity contribution in [3.63, 3.8) is 0 Å². The Labute approximate surface area is 153 Å². The highest BCUT2D eigenvalue weighted by atomic mass is 35.5. The lowest BCUT2D eigenvalue weighted by molar-refractivity contribution is 0.916. The van der Waals surface area contributed by atoms with Gasteiger partial charge in [0.05, 0.1) is 24.1 Å². The second-order valence-corrected chi connectivity index (χ2v) is 7.06. The normalized spacial score (nSPS) is 11.2. The Hall–Kier alpha value is -2.51. The molecule has 6 nitrogen and oxygen atoms in total. The van der Waals surface area contributed by atoms with Gasteiger partial charge in [0.15, 0.2) is 0 Å². The van der Waals surface area contributed by atoms with E-state index < -0.39 is 0 Å². The molecule has 0 aliphatic carbocycles. The highest BCUT2D eigenvalue weighted by molar-refractivity contribution is 7.20. The third kappa shape index (κ3) is 3.47. The number of hydrogen-bond donors (Lipinski definition) is 1. The van der Waals surface area contributed by atoms with E-state index in [-0.39, 0.29) is 0 Å². The van der Waals surface area contributed by atoms with Gasteiger partial charge in [-0.2, -0.15) is 0 Å². The largest absolute Gasteiger partial charge is 0.354 e. The second-order valence-electron chi connectivity index (χ2n) is 5.67. The number of aryl methyl sites for hydroxylation is 2. The van der Waals surface area contributed by atoms with Crippen molar-refractivity contribution in [2.24, 2.45) is 0 Å². The number of imidazole rings is 1. The summed E-state index contributed by atoms with van der Waals surface area (Å²) in [5.41, 5.74) is 3.80. The van der Waals surface area contributed by atoms with Gasteiger partial charge in [0.2, 0.25) is 10.1 Å². The minimum absolute atomic E-state index is 0.602. The molecule has 0 spiro atoms. The van der Waals surface area contributed by atoms with Crippen molar-refractivity contribution < 1.29 is 0 Å². The summed E-state index contributed by atoms with van der Waals surface area (Å²) in [4.78, 5) is 14.2. The fourth-order valence-electron chi connectivity index (χ4n) is 2.58. The van der Waals surface area contributed by atoms with E-state index in [9.17, 15) is 0 Å². The van der Waals surface area contributed by atoms with Gasteiger partial charge >= 0.3 is 0 Å². The van der Waals surface area contributed by atoms with Gasteiger partial charge in [-0.25, -0.2) is 19.5 Å². The lowest BCUT2D eigenvalue weighted by Crippen LogP contribution is -2.04. The van der Waals surface area contributed by atoms with Crippen LogP contribution in [0.3, 0.4) is 0 Å². The number of anilines is 1. The number of rotatable bonds is 4. The van der Waals surface area contributed by atoms with E-state index in [1.807, 2.05) is 50.4 Å². The van der Waals surface area contributed by atoms with Crippen molar-refractivity contribution in [2.45, 2.75) is 20.4 Å². The van der Waals surface area contributed by atoms with E-state index >= 15 is 0 Å². The Morgan fingerprint density at radius 1 is 1.12 bits per heavy atom. The fraction of sp³-hybridized carbons (Fsp3) is 0.176. The summed E-state index contributed by atoms with van der Waals surface area (Å²) in [7, 11) is 0. The summed E-state index contributed by atoms with van der Waals surface area (Å²) < 4.78 is 1.79. The van der Waals surface area contributed by atoms with Crippen molar-refractivity contribution in [2.75, 3.05) is 5.32 Å². The van der Waals surface area contributed by atoms with Crippen LogP contribution in [0.4, 0.5) is 5.13 Å². The molecular formula is C17H15ClN6S. The van der Waals surface area contributed by atoms with E-state index in [4.69, 9.17) is 11.6 Å². The summed E-state index contributed by atoms with van der Waals surface area (Å²) in [6.45, 7) is 4.46. The lowest BCUT2D eigenvalue weighted by Gasteiger charge is -2.03. The van der Waals surface area contributed by atoms with Crippen LogP contribution in [0.1, 0.15) is 17.2 Å². The molecular weight excluding hydrogens is 356 g/mol. The van der Waals surface area contributed by atoms with E-state index in [0.29, 0.717) is 11.6 Å². The summed E-state index contributed by atoms with van der Waals surface area (Å²) in [6, 6.07) is 9.59. The van der Waals surface area contributed by atoms with E-state index in [1.165, 1.54) is 11.3 Å². The predicted octanol–water partition coefficient (Wildman–Crippen LogP) is 4.13. The third-order valence-corrected chi connectivity index (χ3v) is 4.76. The molecule has 0 amide bonds. The molecule has 0 unspecified atom stereocenters. The van der Waals surface area contributed by atoms with Crippen molar-refractivity contribution in [1.82, 2.24) is 24.6 Å². The molecule has 8 heteroatoms. The first-order valence-electron chi connectivity index (χ1n) is 7.74. The molecule has 4 aromatic rings. The van der Waals surface area contributed by atoms with Crippen LogP contribution in [0.25, 0.3) is 16.2 Å². The van der Waals surface area contributed by atoms with Crippen LogP contribution in [0.2, 0.25) is 5.02 Å². The highest BCUT2D eigenvalue weighted by Crippen LogP contribution is 2.25. The zero-order chi connectivity index (χ0) is 17.4. The molecule has 3 aromatic heterocycles. The van der Waals surface area contributed by atoms with Gasteiger partial charge in [-0.3, -0.25) is 0 Å². The number of halogens is 1. The Balaban J connectivity index is 1.52. The molecule has 1 N–H and O–H groups in total. The predicted molar refractivity (Wildman–Crippen MR) is 100 cm³/mol. The molecule has 0 saturated heterocycles. The number of nitrogens with zero attached hydrogens (tertiary/aromatic N) is 5. The van der Waals surface area contributed by atoms with Crippen LogP contribution in [-0.2, 0) is 6.54 Å². The standard InChI is InChI=1S/C17H15ClN6S/c1-10-7-14(21-11(2)20-10)8-19-16-23-24-9-15(22-17(24)25-16)12-3-5-13(18)6-4-12/h3-7,9H,8H2,1-2H3,(H,19,23). The second kappa shape index (κ2) is 6.42. The fourth-order valence-corrected chi connectivity index (χ4v) is 3.48. The van der Waals surface area contributed by atoms with Crippen LogP contribution < -0.4 is 5.32 Å². The topological polar surface area (TPSA) is 68.0 Å². The monoisotopic (exact) mass is 370 g/mol. The van der Waals surface area contributed by atoms with Gasteiger partial charge < -0.3 is 5.32 Å². The number of hydrogen-bond acceptors (Lipinski definition) is 6. The van der Waals surface area contributed by atoms with Crippen molar-refractivity contribution in [3.05, 3.63) is 58.8 Å². The minimum atomic E-state index is 0.602. The molecule has 0 radical (unpaired) electrons. The van der Waals surface area contributed by atoms with Gasteiger partial charge in [0, 0.05) is 16.3 Å². The summed E-state index contributed by atoms with van der Waals surface area (Å²) >= 11 is 7.43. The highest BCUT2D eigenvalue weighted by Gasteiger charge is 2.10. The number of benzene rings is 1. The number of fused-ring (bicyclic) bond motifs is 1. The average molecular weight is 371 g/mol. The van der Waals surface area contributed by atoms with Gasteiger partial charge in [-0.05, 0) is 32.0 Å². The van der Waals surface area contributed by atoms with E-state index in [1.54, 1.807) is 4.52 Å². The lowest BCUT2D eigenvalue weighted by atomic mass is 10.2. The molecule has 1 aromatic carbocycles. The summed E-state index contributed by atoms with van der Waals surface area (Å²) in [6.07, 6.45) is 1.92. The molecule has 0 aliphatic heterocycles. The maximum Gasteiger partial charge on any atom is 0.214 e. The smallest absolute Gasteiger partial charge is 0.214 e. The van der Waals surface area contributed by atoms with E-state index in [0.717, 1.165) is 38.6 Å². The van der Waals surface area contributed by atoms with Crippen molar-refractivity contribution >= 4 is 33.0 Å². The number of nitrogens with one attached hydrogen (secondary N) is 1. The van der Waals surface area contributed by atoms with Crippen LogP contribution >= 0.6 is 22.9 Å². The Kier molecular flexibility index (Phi) is 4.10. The van der Waals surface area contributed by atoms with Gasteiger partial charge in [-0.1, -0.05) is 35.1 Å². The zero-order valence-corrected chi connectivity index (χ0v) is 15.3. The number of aromatic nitrogens is 5. The first kappa shape index (κ1) is 16.0. The first-order valence-corrected chi connectivity index (χ1v) is 8.93. The summed E-state index contributed by atoms with van der Waals surface area (Å²) in [5.74, 6) is 0.776. The van der Waals surface area contributed by atoms with Gasteiger partial charge in [-0.15, -0.1) is 5.10 Å². The average Bonchev–Trinajstić information content (AvgIpc) is 3.11. The summed E-state index contributed by atoms with van der Waals surface area (Å²) in [5, 5.41) is 9.34. The Bertz CT molecular complexity index is 985. The molecule has 25 heavy (non-hydrogen) atoms. The molecule has 4 rings (SSSR count). The molecule has 0 aliphatic rings. The molecule has 0 fully saturated rings. The third-order valence-electron chi connectivity index (χ3n) is 3.62. The van der Waals surface area contributed by atoms with Crippen molar-refractivity contribution in [1.29, 1.82) is 0 Å². The van der Waals surface area contributed by atoms with Crippen LogP contribution in [0.5, 0.6) is 0 Å². The van der Waals surface area contributed by atoms with Gasteiger partial charge in [0.25, 0.3) is 0 Å². The minimum Gasteiger partial charge on any atom is -0.354 e. The van der Waals surface area contributed by atoms with Gasteiger partial charge in [0.1, 0.15) is 5.82 Å². The quantitative estimate of drug-likeness (QED) is 0.585. The van der Waals surface area contributed by atoms with Crippen molar-refractivity contribution in [3.8, 4) is 11.3 Å². The van der Waals surface area contributed by atoms with E-state index in [2.05, 4.69) is 25.4 Å². The first-order chi connectivity index (χ1) is 12.1. The Morgan fingerprint density at radius 3 is 2.64 bits per heavy atom. The molecule has 3 heterocycles. The molecule has 0 bridgehead atoms. The maximum atomic E-state index is 5.93. The molecule has 126 valence electrons. The Morgan fingerprint density at radius 2 is 1.92 bits per heavy atom. The van der Waals surface area contributed by atoms with Crippen LogP contribution in [0, 0.1) is 13.8 Å². The molecule has 0 saturated carbocycles. The van der Waals surface area contributed by atoms with Crippen LogP contribution in [0.15, 0.2) is 36.5 Å².